The topological polar surface area (TPSA) is 15.6 Å². The van der Waals surface area contributed by atoms with Crippen molar-refractivity contribution in [2.45, 2.75) is 136 Å². The lowest BCUT2D eigenvalue weighted by Gasteiger charge is -2.20. The van der Waals surface area contributed by atoms with Crippen LogP contribution in [-0.4, -0.2) is 29.9 Å². The quantitative estimate of drug-likeness (QED) is 0.220. The summed E-state index contributed by atoms with van der Waals surface area (Å²) >= 11 is 0. The van der Waals surface area contributed by atoms with E-state index in [9.17, 15) is 0 Å². The van der Waals surface area contributed by atoms with E-state index in [2.05, 4.69) is 32.6 Å². The molecule has 0 bridgehead atoms. The first-order chi connectivity index (χ1) is 13.2. The van der Waals surface area contributed by atoms with E-state index in [1.54, 1.807) is 0 Å². The summed E-state index contributed by atoms with van der Waals surface area (Å²) in [7, 11) is 0. The lowest BCUT2D eigenvalue weighted by molar-refractivity contribution is 0.396. The third-order valence-electron chi connectivity index (χ3n) is 6.12. The maximum atomic E-state index is 4.84. The van der Waals surface area contributed by atoms with Crippen molar-refractivity contribution >= 4 is 5.84 Å². The molecule has 0 radical (unpaired) electrons. The summed E-state index contributed by atoms with van der Waals surface area (Å²) < 4.78 is 0. The maximum absolute atomic E-state index is 4.84. The predicted octanol–water partition coefficient (Wildman–Crippen LogP) is 8.01. The van der Waals surface area contributed by atoms with Crippen molar-refractivity contribution in [1.29, 1.82) is 0 Å². The molecule has 0 saturated carbocycles. The summed E-state index contributed by atoms with van der Waals surface area (Å²) in [6.07, 6.45) is 22.5. The molecule has 0 aromatic heterocycles. The molecule has 1 heterocycles. The van der Waals surface area contributed by atoms with E-state index in [-0.39, 0.29) is 0 Å². The van der Waals surface area contributed by atoms with Crippen LogP contribution in [0.15, 0.2) is 4.99 Å². The Morgan fingerprint density at radius 2 is 1.26 bits per heavy atom. The van der Waals surface area contributed by atoms with Gasteiger partial charge < -0.3 is 4.90 Å². The van der Waals surface area contributed by atoms with Crippen LogP contribution in [-0.2, 0) is 0 Å². The van der Waals surface area contributed by atoms with Crippen molar-refractivity contribution in [2.24, 2.45) is 10.9 Å². The fourth-order valence-corrected chi connectivity index (χ4v) is 4.25. The second-order valence-electron chi connectivity index (χ2n) is 9.19. The number of amidine groups is 1. The van der Waals surface area contributed by atoms with Crippen LogP contribution in [0.5, 0.6) is 0 Å². The number of nitrogens with zero attached hydrogens (tertiary/aromatic N) is 2. The molecule has 0 fully saturated rings. The average Bonchev–Trinajstić information content (AvgIpc) is 3.07. The van der Waals surface area contributed by atoms with Gasteiger partial charge in [0, 0.05) is 19.5 Å². The van der Waals surface area contributed by atoms with Gasteiger partial charge in [-0.05, 0) is 18.8 Å². The zero-order chi connectivity index (χ0) is 19.7. The van der Waals surface area contributed by atoms with Crippen LogP contribution in [0, 0.1) is 5.92 Å². The Kier molecular flexibility index (Phi) is 14.9. The number of rotatable bonds is 18. The van der Waals surface area contributed by atoms with Gasteiger partial charge in [0.25, 0.3) is 0 Å². The zero-order valence-electron chi connectivity index (χ0n) is 19.3. The molecule has 27 heavy (non-hydrogen) atoms. The highest BCUT2D eigenvalue weighted by Gasteiger charge is 2.21. The third kappa shape index (κ3) is 12.5. The van der Waals surface area contributed by atoms with Gasteiger partial charge in [-0.3, -0.25) is 4.99 Å². The summed E-state index contributed by atoms with van der Waals surface area (Å²) in [6.45, 7) is 11.6. The molecule has 160 valence electrons. The lowest BCUT2D eigenvalue weighted by atomic mass is 10.0. The molecular weight excluding hydrogens is 328 g/mol. The minimum atomic E-state index is 0.569. The van der Waals surface area contributed by atoms with Crippen LogP contribution in [0.4, 0.5) is 0 Å². The fraction of sp³-hybridized carbons (Fsp3) is 0.960. The van der Waals surface area contributed by atoms with Crippen molar-refractivity contribution in [1.82, 2.24) is 4.90 Å². The van der Waals surface area contributed by atoms with E-state index in [1.807, 2.05) is 0 Å². The van der Waals surface area contributed by atoms with E-state index in [1.165, 1.54) is 115 Å². The smallest absolute Gasteiger partial charge is 0.0991 e. The van der Waals surface area contributed by atoms with Crippen molar-refractivity contribution in [2.75, 3.05) is 13.1 Å². The SMILES string of the molecule is CCC1=NC(CC)CN1CCCCCCCCCCCCCCCC(C)C. The molecular formula is C25H50N2. The third-order valence-corrected chi connectivity index (χ3v) is 6.12. The second kappa shape index (κ2) is 16.4. The highest BCUT2D eigenvalue weighted by Crippen LogP contribution is 2.17. The molecule has 1 aliphatic heterocycles. The molecule has 0 aromatic carbocycles. The summed E-state index contributed by atoms with van der Waals surface area (Å²) in [5.41, 5.74) is 0. The summed E-state index contributed by atoms with van der Waals surface area (Å²) in [5.74, 6) is 2.25. The summed E-state index contributed by atoms with van der Waals surface area (Å²) in [6, 6.07) is 0.569. The van der Waals surface area contributed by atoms with Gasteiger partial charge in [0.1, 0.15) is 0 Å². The molecule has 2 nitrogen and oxygen atoms in total. The first-order valence-electron chi connectivity index (χ1n) is 12.5. The standard InChI is InChI=1S/C25H50N2/c1-5-24-22-27(25(6-2)26-24)21-19-17-15-13-11-9-7-8-10-12-14-16-18-20-23(3)4/h23-24H,5-22H2,1-4H3. The van der Waals surface area contributed by atoms with Gasteiger partial charge in [0.05, 0.1) is 11.9 Å². The average molecular weight is 379 g/mol. The van der Waals surface area contributed by atoms with Crippen molar-refractivity contribution in [3.05, 3.63) is 0 Å². The van der Waals surface area contributed by atoms with Crippen LogP contribution in [0.2, 0.25) is 0 Å². The number of unbranched alkanes of at least 4 members (excludes halogenated alkanes) is 12. The Labute approximate surface area is 171 Å². The van der Waals surface area contributed by atoms with Crippen LogP contribution in [0.25, 0.3) is 0 Å². The van der Waals surface area contributed by atoms with E-state index >= 15 is 0 Å². The summed E-state index contributed by atoms with van der Waals surface area (Å²) in [4.78, 5) is 7.39. The fourth-order valence-electron chi connectivity index (χ4n) is 4.25. The number of aliphatic imine (C=N–C) groups is 1. The van der Waals surface area contributed by atoms with E-state index in [0.29, 0.717) is 6.04 Å². The van der Waals surface area contributed by atoms with E-state index in [0.717, 1.165) is 12.3 Å². The van der Waals surface area contributed by atoms with Gasteiger partial charge in [-0.2, -0.15) is 0 Å². The van der Waals surface area contributed by atoms with Crippen molar-refractivity contribution in [3.63, 3.8) is 0 Å². The minimum absolute atomic E-state index is 0.569. The Morgan fingerprint density at radius 3 is 1.70 bits per heavy atom. The molecule has 2 heteroatoms. The van der Waals surface area contributed by atoms with Crippen molar-refractivity contribution < 1.29 is 0 Å². The van der Waals surface area contributed by atoms with Gasteiger partial charge in [0.15, 0.2) is 0 Å². The second-order valence-corrected chi connectivity index (χ2v) is 9.19. The molecule has 1 unspecified atom stereocenters. The molecule has 0 N–H and O–H groups in total. The Balaban J connectivity index is 1.80. The van der Waals surface area contributed by atoms with Gasteiger partial charge in [-0.1, -0.05) is 111 Å². The van der Waals surface area contributed by atoms with E-state index in [4.69, 9.17) is 4.99 Å². The van der Waals surface area contributed by atoms with Crippen LogP contribution in [0.1, 0.15) is 130 Å². The van der Waals surface area contributed by atoms with Crippen LogP contribution in [0.3, 0.4) is 0 Å². The monoisotopic (exact) mass is 378 g/mol. The summed E-state index contributed by atoms with van der Waals surface area (Å²) in [5, 5.41) is 0. The minimum Gasteiger partial charge on any atom is -0.358 e. The van der Waals surface area contributed by atoms with Gasteiger partial charge >= 0.3 is 0 Å². The molecule has 0 spiro atoms. The van der Waals surface area contributed by atoms with Gasteiger partial charge in [-0.25, -0.2) is 0 Å². The molecule has 1 aliphatic rings. The van der Waals surface area contributed by atoms with Gasteiger partial charge in [-0.15, -0.1) is 0 Å². The normalized spacial score (nSPS) is 17.1. The molecule has 1 rings (SSSR count). The Hall–Kier alpha value is -0.530. The number of hydrogen-bond acceptors (Lipinski definition) is 2. The molecule has 1 atom stereocenters. The predicted molar refractivity (Wildman–Crippen MR) is 123 cm³/mol. The van der Waals surface area contributed by atoms with Crippen LogP contribution < -0.4 is 0 Å². The highest BCUT2D eigenvalue weighted by molar-refractivity contribution is 5.83. The first kappa shape index (κ1) is 24.5. The maximum Gasteiger partial charge on any atom is 0.0991 e. The van der Waals surface area contributed by atoms with E-state index < -0.39 is 0 Å². The highest BCUT2D eigenvalue weighted by atomic mass is 15.2. The molecule has 0 saturated heterocycles. The molecule has 0 aliphatic carbocycles. The van der Waals surface area contributed by atoms with Crippen LogP contribution >= 0.6 is 0 Å². The number of hydrogen-bond donors (Lipinski definition) is 0. The largest absolute Gasteiger partial charge is 0.358 e. The Bertz CT molecular complexity index is 361. The molecule has 0 aromatic rings. The van der Waals surface area contributed by atoms with Gasteiger partial charge in [0.2, 0.25) is 0 Å². The lowest BCUT2D eigenvalue weighted by Crippen LogP contribution is -2.29. The molecule has 0 amide bonds. The van der Waals surface area contributed by atoms with Crippen molar-refractivity contribution in [3.8, 4) is 0 Å². The first-order valence-corrected chi connectivity index (χ1v) is 12.5. The zero-order valence-corrected chi connectivity index (χ0v) is 19.3. The Morgan fingerprint density at radius 1 is 0.778 bits per heavy atom.